The molecular weight excluding hydrogens is 541 g/mol. The zero-order valence-electron chi connectivity index (χ0n) is 17.9. The number of anilines is 1. The molecular formula is C24H19BrFN3O3S2. The molecule has 0 amide bonds. The summed E-state index contributed by atoms with van der Waals surface area (Å²) in [5, 5.41) is 5.68. The molecule has 0 saturated carbocycles. The van der Waals surface area contributed by atoms with Crippen LogP contribution in [0.4, 0.5) is 10.1 Å². The Morgan fingerprint density at radius 1 is 1.06 bits per heavy atom. The number of hydrogen-bond acceptors (Lipinski definition) is 5. The largest absolute Gasteiger partial charge is 0.497 e. The molecule has 0 spiro atoms. The Hall–Kier alpha value is -3.08. The van der Waals surface area contributed by atoms with Crippen molar-refractivity contribution in [1.29, 1.82) is 0 Å². The molecule has 1 aromatic heterocycles. The van der Waals surface area contributed by atoms with E-state index in [1.165, 1.54) is 23.5 Å². The van der Waals surface area contributed by atoms with Gasteiger partial charge in [0.1, 0.15) is 22.4 Å². The van der Waals surface area contributed by atoms with Crippen LogP contribution in [0.2, 0.25) is 0 Å². The zero-order valence-corrected chi connectivity index (χ0v) is 21.1. The third-order valence-electron chi connectivity index (χ3n) is 4.73. The first-order valence-corrected chi connectivity index (χ1v) is 13.1. The minimum atomic E-state index is -4.07. The number of amidine groups is 1. The van der Waals surface area contributed by atoms with Crippen LogP contribution in [0.25, 0.3) is 11.3 Å². The van der Waals surface area contributed by atoms with Crippen LogP contribution >= 0.6 is 27.3 Å². The van der Waals surface area contributed by atoms with Crippen LogP contribution in [0.3, 0.4) is 0 Å². The number of sulfonamides is 1. The molecule has 0 bridgehead atoms. The van der Waals surface area contributed by atoms with Gasteiger partial charge in [-0.15, -0.1) is 15.7 Å². The molecule has 0 saturated heterocycles. The Labute approximate surface area is 209 Å². The molecule has 3 aromatic carbocycles. The Bertz CT molecular complexity index is 1400. The predicted octanol–water partition coefficient (Wildman–Crippen LogP) is 6.16. The third-order valence-corrected chi connectivity index (χ3v) is 7.44. The lowest BCUT2D eigenvalue weighted by Gasteiger charge is -2.10. The summed E-state index contributed by atoms with van der Waals surface area (Å²) in [5.41, 5.74) is 2.38. The third kappa shape index (κ3) is 6.07. The summed E-state index contributed by atoms with van der Waals surface area (Å²) in [6, 6.07) is 19.3. The quantitative estimate of drug-likeness (QED) is 0.216. The van der Waals surface area contributed by atoms with Crippen molar-refractivity contribution in [2.75, 3.05) is 12.4 Å². The number of thiazole rings is 1. The predicted molar refractivity (Wildman–Crippen MR) is 137 cm³/mol. The van der Waals surface area contributed by atoms with Gasteiger partial charge < -0.3 is 10.1 Å². The van der Waals surface area contributed by atoms with E-state index in [2.05, 4.69) is 30.6 Å². The van der Waals surface area contributed by atoms with Gasteiger partial charge in [-0.1, -0.05) is 28.1 Å². The van der Waals surface area contributed by atoms with Gasteiger partial charge >= 0.3 is 0 Å². The van der Waals surface area contributed by atoms with Crippen molar-refractivity contribution in [3.63, 3.8) is 0 Å². The number of aromatic nitrogens is 1. The molecule has 0 radical (unpaired) electrons. The normalized spacial score (nSPS) is 11.9. The smallest absolute Gasteiger partial charge is 0.283 e. The van der Waals surface area contributed by atoms with E-state index < -0.39 is 15.8 Å². The molecule has 4 rings (SSSR count). The van der Waals surface area contributed by atoms with E-state index in [1.54, 1.807) is 31.4 Å². The van der Waals surface area contributed by atoms with Crippen LogP contribution in [0.1, 0.15) is 5.01 Å². The number of nitrogens with zero attached hydrogens (tertiary/aromatic N) is 2. The average Bonchev–Trinajstić information content (AvgIpc) is 3.28. The van der Waals surface area contributed by atoms with Crippen molar-refractivity contribution in [3.05, 3.63) is 93.5 Å². The van der Waals surface area contributed by atoms with Gasteiger partial charge in [0.25, 0.3) is 10.0 Å². The fourth-order valence-corrected chi connectivity index (χ4v) is 5.09. The van der Waals surface area contributed by atoms with Crippen LogP contribution < -0.4 is 10.1 Å². The SMILES string of the molecule is COc1ccc(N/C(Cc2nc(-c3ccc(Br)cc3)cs2)=N/S(=O)(=O)c2ccc(F)cc2)cc1. The number of ether oxygens (including phenoxy) is 1. The lowest BCUT2D eigenvalue weighted by atomic mass is 10.2. The molecule has 34 heavy (non-hydrogen) atoms. The first kappa shape index (κ1) is 24.1. The van der Waals surface area contributed by atoms with Gasteiger partial charge in [-0.25, -0.2) is 9.37 Å². The molecule has 0 aliphatic heterocycles. The average molecular weight is 560 g/mol. The summed E-state index contributed by atoms with van der Waals surface area (Å²) in [6.45, 7) is 0. The van der Waals surface area contributed by atoms with Crippen molar-refractivity contribution in [1.82, 2.24) is 4.98 Å². The summed E-state index contributed by atoms with van der Waals surface area (Å²) in [6.07, 6.45) is 0.160. The van der Waals surface area contributed by atoms with Gasteiger partial charge in [0.05, 0.1) is 24.1 Å². The molecule has 1 N–H and O–H groups in total. The number of benzene rings is 3. The molecule has 0 aliphatic rings. The fraction of sp³-hybridized carbons (Fsp3) is 0.0833. The lowest BCUT2D eigenvalue weighted by molar-refractivity contribution is 0.415. The maximum atomic E-state index is 13.3. The van der Waals surface area contributed by atoms with Gasteiger partial charge in [0.2, 0.25) is 0 Å². The summed E-state index contributed by atoms with van der Waals surface area (Å²) in [7, 11) is -2.51. The summed E-state index contributed by atoms with van der Waals surface area (Å²) < 4.78 is 49.2. The molecule has 10 heteroatoms. The van der Waals surface area contributed by atoms with Crippen molar-refractivity contribution in [2.24, 2.45) is 4.40 Å². The molecule has 0 atom stereocenters. The van der Waals surface area contributed by atoms with E-state index in [0.29, 0.717) is 16.4 Å². The van der Waals surface area contributed by atoms with Crippen LogP contribution in [-0.2, 0) is 16.4 Å². The minimum absolute atomic E-state index is 0.0994. The molecule has 0 aliphatic carbocycles. The van der Waals surface area contributed by atoms with Crippen LogP contribution in [0, 0.1) is 5.82 Å². The fourth-order valence-electron chi connectivity index (χ4n) is 3.03. The Kier molecular flexibility index (Phi) is 7.40. The summed E-state index contributed by atoms with van der Waals surface area (Å²) in [4.78, 5) is 4.55. The topological polar surface area (TPSA) is 80.7 Å². The van der Waals surface area contributed by atoms with Crippen molar-refractivity contribution in [2.45, 2.75) is 11.3 Å². The van der Waals surface area contributed by atoms with Gasteiger partial charge in [-0.3, -0.25) is 0 Å². The molecule has 0 fully saturated rings. The second-order valence-corrected chi connectivity index (χ2v) is 10.6. The first-order valence-electron chi connectivity index (χ1n) is 10.0. The van der Waals surface area contributed by atoms with Gasteiger partial charge in [-0.05, 0) is 60.7 Å². The van der Waals surface area contributed by atoms with Crippen molar-refractivity contribution >= 4 is 48.8 Å². The number of halogens is 2. The second-order valence-electron chi connectivity index (χ2n) is 7.13. The summed E-state index contributed by atoms with van der Waals surface area (Å²) >= 11 is 4.83. The molecule has 1 heterocycles. The number of hydrogen-bond donors (Lipinski definition) is 1. The minimum Gasteiger partial charge on any atom is -0.497 e. The first-order chi connectivity index (χ1) is 16.3. The highest BCUT2D eigenvalue weighted by Gasteiger charge is 2.17. The maximum Gasteiger partial charge on any atom is 0.283 e. The summed E-state index contributed by atoms with van der Waals surface area (Å²) in [5.74, 6) is 0.330. The van der Waals surface area contributed by atoms with Crippen molar-refractivity contribution in [3.8, 4) is 17.0 Å². The van der Waals surface area contributed by atoms with Gasteiger partial charge in [0, 0.05) is 21.1 Å². The monoisotopic (exact) mass is 559 g/mol. The number of methoxy groups -OCH3 is 1. The Balaban J connectivity index is 1.65. The lowest BCUT2D eigenvalue weighted by Crippen LogP contribution is -2.17. The molecule has 6 nitrogen and oxygen atoms in total. The van der Waals surface area contributed by atoms with E-state index in [0.717, 1.165) is 27.9 Å². The number of nitrogens with one attached hydrogen (secondary N) is 1. The van der Waals surface area contributed by atoms with Crippen LogP contribution in [0.15, 0.2) is 91.9 Å². The highest BCUT2D eigenvalue weighted by Crippen LogP contribution is 2.25. The van der Waals surface area contributed by atoms with Gasteiger partial charge in [-0.2, -0.15) is 8.42 Å². The van der Waals surface area contributed by atoms with E-state index >= 15 is 0 Å². The van der Waals surface area contributed by atoms with Crippen molar-refractivity contribution < 1.29 is 17.5 Å². The van der Waals surface area contributed by atoms with E-state index in [9.17, 15) is 12.8 Å². The van der Waals surface area contributed by atoms with E-state index in [-0.39, 0.29) is 17.2 Å². The zero-order chi connectivity index (χ0) is 24.1. The van der Waals surface area contributed by atoms with Crippen LogP contribution in [-0.4, -0.2) is 26.3 Å². The van der Waals surface area contributed by atoms with E-state index in [4.69, 9.17) is 4.74 Å². The second kappa shape index (κ2) is 10.5. The molecule has 0 unspecified atom stereocenters. The maximum absolute atomic E-state index is 13.3. The molecule has 174 valence electrons. The van der Waals surface area contributed by atoms with E-state index in [1.807, 2.05) is 29.6 Å². The Morgan fingerprint density at radius 2 is 1.74 bits per heavy atom. The Morgan fingerprint density at radius 3 is 2.38 bits per heavy atom. The van der Waals surface area contributed by atoms with Crippen LogP contribution in [0.5, 0.6) is 5.75 Å². The molecule has 4 aromatic rings. The highest BCUT2D eigenvalue weighted by atomic mass is 79.9. The number of rotatable bonds is 7. The standard InChI is InChI=1S/C24H19BrFN3O3S2/c1-32-20-10-8-19(9-11-20)27-23(29-34(30,31)21-12-6-18(26)7-13-21)14-24-28-22(15-33-24)16-2-4-17(25)5-3-16/h2-13,15H,14H2,1H3,(H,27,29). The highest BCUT2D eigenvalue weighted by molar-refractivity contribution is 9.10. The van der Waals surface area contributed by atoms with Gasteiger partial charge in [0.15, 0.2) is 0 Å².